The van der Waals surface area contributed by atoms with E-state index in [9.17, 15) is 9.59 Å². The van der Waals surface area contributed by atoms with E-state index in [-0.39, 0.29) is 12.3 Å². The van der Waals surface area contributed by atoms with Crippen LogP contribution in [0.5, 0.6) is 0 Å². The van der Waals surface area contributed by atoms with Crippen LogP contribution in [0.15, 0.2) is 18.2 Å². The molecule has 1 amide bonds. The molecule has 96 valence electrons. The molecule has 18 heavy (non-hydrogen) atoms. The number of carboxylic acid groups (broad SMARTS) is 1. The summed E-state index contributed by atoms with van der Waals surface area (Å²) in [6.45, 7) is 2.35. The normalized spacial score (nSPS) is 14.2. The van der Waals surface area contributed by atoms with Gasteiger partial charge in [0.05, 0.1) is 0 Å². The first-order valence-corrected chi connectivity index (χ1v) is 6.19. The monoisotopic (exact) mass is 247 g/mol. The molecule has 1 heterocycles. The lowest BCUT2D eigenvalue weighted by molar-refractivity contribution is -0.137. The van der Waals surface area contributed by atoms with Gasteiger partial charge in [-0.25, -0.2) is 0 Å². The Labute approximate surface area is 106 Å². The van der Waals surface area contributed by atoms with Crippen LogP contribution in [-0.2, 0) is 22.4 Å². The van der Waals surface area contributed by atoms with Crippen molar-refractivity contribution in [2.24, 2.45) is 0 Å². The van der Waals surface area contributed by atoms with Gasteiger partial charge in [0.2, 0.25) is 5.91 Å². The van der Waals surface area contributed by atoms with E-state index in [1.807, 2.05) is 18.2 Å². The fourth-order valence-corrected chi connectivity index (χ4v) is 2.38. The van der Waals surface area contributed by atoms with E-state index in [4.69, 9.17) is 5.11 Å². The molecule has 1 aromatic rings. The molecular weight excluding hydrogens is 230 g/mol. The van der Waals surface area contributed by atoms with Gasteiger partial charge in [0, 0.05) is 25.6 Å². The van der Waals surface area contributed by atoms with Crippen molar-refractivity contribution in [3.63, 3.8) is 0 Å². The predicted molar refractivity (Wildman–Crippen MR) is 68.7 cm³/mol. The van der Waals surface area contributed by atoms with Crippen LogP contribution in [0.1, 0.15) is 30.9 Å². The molecular formula is C14H17NO3. The third-order valence-electron chi connectivity index (χ3n) is 3.27. The number of hydrogen-bond donors (Lipinski definition) is 1. The van der Waals surface area contributed by atoms with E-state index in [2.05, 4.69) is 0 Å². The van der Waals surface area contributed by atoms with Gasteiger partial charge in [0.1, 0.15) is 0 Å². The highest BCUT2D eigenvalue weighted by molar-refractivity contribution is 5.92. The molecule has 1 aliphatic rings. The van der Waals surface area contributed by atoms with Crippen molar-refractivity contribution in [3.05, 3.63) is 29.3 Å². The number of benzene rings is 1. The second kappa shape index (κ2) is 5.21. The molecule has 0 radical (unpaired) electrons. The summed E-state index contributed by atoms with van der Waals surface area (Å²) in [6.07, 6.45) is 2.62. The Balaban J connectivity index is 2.21. The highest BCUT2D eigenvalue weighted by atomic mass is 16.4. The average Bonchev–Trinajstić information content (AvgIpc) is 2.35. The third kappa shape index (κ3) is 2.70. The summed E-state index contributed by atoms with van der Waals surface area (Å²) in [7, 11) is 0. The lowest BCUT2D eigenvalue weighted by Crippen LogP contribution is -2.33. The van der Waals surface area contributed by atoms with E-state index >= 15 is 0 Å². The Bertz CT molecular complexity index is 482. The number of carbonyl (C=O) groups excluding carboxylic acids is 1. The molecule has 0 saturated carbocycles. The van der Waals surface area contributed by atoms with Crippen LogP contribution in [0, 0.1) is 0 Å². The number of amides is 1. The summed E-state index contributed by atoms with van der Waals surface area (Å²) < 4.78 is 0. The number of nitrogens with zero attached hydrogens (tertiary/aromatic N) is 1. The number of carbonyl (C=O) groups is 2. The molecule has 4 heteroatoms. The van der Waals surface area contributed by atoms with Gasteiger partial charge in [0.15, 0.2) is 0 Å². The maximum Gasteiger partial charge on any atom is 0.303 e. The predicted octanol–water partition coefficient (Wildman–Crippen LogP) is 2.00. The number of anilines is 1. The first-order chi connectivity index (χ1) is 8.58. The van der Waals surface area contributed by atoms with Crippen molar-refractivity contribution in [2.45, 2.75) is 32.6 Å². The quantitative estimate of drug-likeness (QED) is 0.888. The fourth-order valence-electron chi connectivity index (χ4n) is 2.38. The number of hydrogen-bond acceptors (Lipinski definition) is 2. The Morgan fingerprint density at radius 1 is 1.39 bits per heavy atom. The summed E-state index contributed by atoms with van der Waals surface area (Å²) in [4.78, 5) is 23.9. The Morgan fingerprint density at radius 3 is 2.83 bits per heavy atom. The maximum atomic E-state index is 11.5. The topological polar surface area (TPSA) is 57.6 Å². The molecule has 0 atom stereocenters. The van der Waals surface area contributed by atoms with Crippen LogP contribution in [0.2, 0.25) is 0 Å². The molecule has 0 spiro atoms. The van der Waals surface area contributed by atoms with Crippen LogP contribution in [-0.4, -0.2) is 23.5 Å². The van der Waals surface area contributed by atoms with E-state index in [0.717, 1.165) is 36.2 Å². The van der Waals surface area contributed by atoms with Crippen molar-refractivity contribution in [3.8, 4) is 0 Å². The maximum absolute atomic E-state index is 11.5. The van der Waals surface area contributed by atoms with Gasteiger partial charge in [-0.1, -0.05) is 12.1 Å². The van der Waals surface area contributed by atoms with Gasteiger partial charge in [-0.15, -0.1) is 0 Å². The summed E-state index contributed by atoms with van der Waals surface area (Å²) in [5, 5.41) is 8.68. The molecule has 1 aliphatic heterocycles. The zero-order valence-electron chi connectivity index (χ0n) is 10.5. The van der Waals surface area contributed by atoms with Crippen LogP contribution < -0.4 is 4.90 Å². The summed E-state index contributed by atoms with van der Waals surface area (Å²) >= 11 is 0. The van der Waals surface area contributed by atoms with Crippen LogP contribution in [0.3, 0.4) is 0 Å². The van der Waals surface area contributed by atoms with Crippen LogP contribution in [0.4, 0.5) is 5.69 Å². The second-order valence-corrected chi connectivity index (χ2v) is 4.63. The van der Waals surface area contributed by atoms with Gasteiger partial charge >= 0.3 is 5.97 Å². The third-order valence-corrected chi connectivity index (χ3v) is 3.27. The van der Waals surface area contributed by atoms with Gasteiger partial charge in [-0.05, 0) is 36.5 Å². The number of carboxylic acids is 1. The minimum atomic E-state index is -0.780. The van der Waals surface area contributed by atoms with Crippen LogP contribution >= 0.6 is 0 Å². The molecule has 1 aromatic carbocycles. The summed E-state index contributed by atoms with van der Waals surface area (Å²) in [5.74, 6) is -0.715. The molecule has 0 fully saturated rings. The van der Waals surface area contributed by atoms with Gasteiger partial charge in [-0.3, -0.25) is 9.59 Å². The number of aliphatic carboxylic acids is 1. The Morgan fingerprint density at radius 2 is 2.17 bits per heavy atom. The van der Waals surface area contributed by atoms with Crippen molar-refractivity contribution in [2.75, 3.05) is 11.4 Å². The highest BCUT2D eigenvalue weighted by Gasteiger charge is 2.19. The van der Waals surface area contributed by atoms with E-state index < -0.39 is 5.97 Å². The summed E-state index contributed by atoms with van der Waals surface area (Å²) in [5.41, 5.74) is 3.16. The lowest BCUT2D eigenvalue weighted by atomic mass is 9.97. The highest BCUT2D eigenvalue weighted by Crippen LogP contribution is 2.28. The minimum Gasteiger partial charge on any atom is -0.481 e. The SMILES string of the molecule is CC(=O)N1CCCc2cc(CCC(=O)O)ccc21. The van der Waals surface area contributed by atoms with Crippen LogP contribution in [0.25, 0.3) is 0 Å². The number of fused-ring (bicyclic) bond motifs is 1. The molecule has 0 saturated heterocycles. The van der Waals surface area contributed by atoms with Crippen molar-refractivity contribution in [1.29, 1.82) is 0 Å². The largest absolute Gasteiger partial charge is 0.481 e. The van der Waals surface area contributed by atoms with Crippen molar-refractivity contribution >= 4 is 17.6 Å². The van der Waals surface area contributed by atoms with Crippen molar-refractivity contribution < 1.29 is 14.7 Å². The smallest absolute Gasteiger partial charge is 0.303 e. The standard InChI is InChI=1S/C14H17NO3/c1-10(16)15-8-2-3-12-9-11(4-6-13(12)15)5-7-14(17)18/h4,6,9H,2-3,5,7-8H2,1H3,(H,17,18). The average molecular weight is 247 g/mol. The second-order valence-electron chi connectivity index (χ2n) is 4.63. The van der Waals surface area contributed by atoms with Crippen molar-refractivity contribution in [1.82, 2.24) is 0 Å². The fraction of sp³-hybridized carbons (Fsp3) is 0.429. The van der Waals surface area contributed by atoms with E-state index in [1.165, 1.54) is 0 Å². The molecule has 0 aromatic heterocycles. The molecule has 0 bridgehead atoms. The molecule has 2 rings (SSSR count). The van der Waals surface area contributed by atoms with Gasteiger partial charge in [-0.2, -0.15) is 0 Å². The molecule has 4 nitrogen and oxygen atoms in total. The number of aryl methyl sites for hydroxylation is 2. The molecule has 0 unspecified atom stereocenters. The van der Waals surface area contributed by atoms with Gasteiger partial charge in [0.25, 0.3) is 0 Å². The Hall–Kier alpha value is -1.84. The lowest BCUT2D eigenvalue weighted by Gasteiger charge is -2.28. The summed E-state index contributed by atoms with van der Waals surface area (Å²) in [6, 6.07) is 5.89. The zero-order chi connectivity index (χ0) is 13.1. The first kappa shape index (κ1) is 12.6. The molecule has 1 N–H and O–H groups in total. The van der Waals surface area contributed by atoms with Gasteiger partial charge < -0.3 is 10.0 Å². The van der Waals surface area contributed by atoms with E-state index in [1.54, 1.807) is 11.8 Å². The molecule has 0 aliphatic carbocycles. The Kier molecular flexibility index (Phi) is 3.65. The first-order valence-electron chi connectivity index (χ1n) is 6.19. The minimum absolute atomic E-state index is 0.0641. The number of rotatable bonds is 3. The van der Waals surface area contributed by atoms with E-state index in [0.29, 0.717) is 6.42 Å². The zero-order valence-corrected chi connectivity index (χ0v) is 10.5.